The number of rotatable bonds is 7. The summed E-state index contributed by atoms with van der Waals surface area (Å²) in [5.41, 5.74) is 0.733. The molecule has 0 atom stereocenters. The van der Waals surface area contributed by atoms with Gasteiger partial charge >= 0.3 is 0 Å². The van der Waals surface area contributed by atoms with Gasteiger partial charge in [-0.15, -0.1) is 0 Å². The van der Waals surface area contributed by atoms with Crippen LogP contribution in [0.25, 0.3) is 10.9 Å². The molecular weight excluding hydrogens is 348 g/mol. The monoisotopic (exact) mass is 370 g/mol. The molecule has 136 valence electrons. The first-order chi connectivity index (χ1) is 12.6. The number of fused-ring (bicyclic) bond motifs is 1. The Balaban J connectivity index is 1.71. The van der Waals surface area contributed by atoms with E-state index in [2.05, 4.69) is 4.98 Å². The molecule has 5 nitrogen and oxygen atoms in total. The van der Waals surface area contributed by atoms with Crippen LogP contribution in [-0.2, 0) is 0 Å². The zero-order valence-corrected chi connectivity index (χ0v) is 16.0. The minimum absolute atomic E-state index is 0.00386. The van der Waals surface area contributed by atoms with E-state index in [0.717, 1.165) is 22.2 Å². The molecule has 1 heterocycles. The highest BCUT2D eigenvalue weighted by Crippen LogP contribution is 2.22. The maximum atomic E-state index is 12.8. The number of hydrogen-bond donors (Lipinski definition) is 0. The molecule has 3 rings (SSSR count). The summed E-state index contributed by atoms with van der Waals surface area (Å²) in [7, 11) is 1.64. The van der Waals surface area contributed by atoms with Crippen molar-refractivity contribution in [3.05, 3.63) is 58.9 Å². The molecule has 0 fully saturated rings. The number of thioether (sulfide) groups is 1. The fraction of sp³-hybridized carbons (Fsp3) is 0.300. The van der Waals surface area contributed by atoms with Crippen molar-refractivity contribution in [2.45, 2.75) is 25.0 Å². The molecule has 0 unspecified atom stereocenters. The van der Waals surface area contributed by atoms with Gasteiger partial charge in [-0.2, -0.15) is 0 Å². The van der Waals surface area contributed by atoms with Gasteiger partial charge in [0.15, 0.2) is 5.16 Å². The molecule has 0 aliphatic heterocycles. The second-order valence-corrected chi connectivity index (χ2v) is 7.11. The minimum Gasteiger partial charge on any atom is -0.497 e. The molecule has 26 heavy (non-hydrogen) atoms. The van der Waals surface area contributed by atoms with Crippen LogP contribution in [0.4, 0.5) is 0 Å². The number of methoxy groups -OCH3 is 1. The van der Waals surface area contributed by atoms with Gasteiger partial charge in [0.1, 0.15) is 11.5 Å². The number of ether oxygens (including phenoxy) is 2. The number of hydrogen-bond acceptors (Lipinski definition) is 5. The van der Waals surface area contributed by atoms with E-state index in [0.29, 0.717) is 17.7 Å². The quantitative estimate of drug-likeness (QED) is 0.355. The van der Waals surface area contributed by atoms with Gasteiger partial charge in [-0.05, 0) is 50.2 Å². The molecule has 0 aliphatic carbocycles. The molecular formula is C20H22N2O3S. The lowest BCUT2D eigenvalue weighted by molar-refractivity contribution is 0.342. The zero-order chi connectivity index (χ0) is 18.5. The van der Waals surface area contributed by atoms with Gasteiger partial charge in [-0.25, -0.2) is 4.98 Å². The van der Waals surface area contributed by atoms with Crippen molar-refractivity contribution in [1.29, 1.82) is 0 Å². The number of nitrogens with zero attached hydrogens (tertiary/aromatic N) is 2. The lowest BCUT2D eigenvalue weighted by Crippen LogP contribution is -2.25. The first-order valence-electron chi connectivity index (χ1n) is 8.51. The number of benzene rings is 2. The van der Waals surface area contributed by atoms with Crippen molar-refractivity contribution in [1.82, 2.24) is 9.55 Å². The molecule has 3 aromatic rings. The van der Waals surface area contributed by atoms with Crippen LogP contribution in [0.2, 0.25) is 0 Å². The molecule has 0 aliphatic rings. The predicted molar refractivity (Wildman–Crippen MR) is 106 cm³/mol. The van der Waals surface area contributed by atoms with Crippen LogP contribution in [0.3, 0.4) is 0 Å². The molecule has 1 aromatic heterocycles. The van der Waals surface area contributed by atoms with Crippen molar-refractivity contribution in [2.24, 2.45) is 0 Å². The highest BCUT2D eigenvalue weighted by Gasteiger charge is 2.13. The average molecular weight is 370 g/mol. The topological polar surface area (TPSA) is 53.4 Å². The van der Waals surface area contributed by atoms with Crippen molar-refractivity contribution in [3.8, 4) is 11.5 Å². The van der Waals surface area contributed by atoms with E-state index in [-0.39, 0.29) is 11.6 Å². The second-order valence-electron chi connectivity index (χ2n) is 6.05. The molecule has 6 heteroatoms. The third-order valence-electron chi connectivity index (χ3n) is 3.93. The lowest BCUT2D eigenvalue weighted by Gasteiger charge is -2.16. The van der Waals surface area contributed by atoms with Gasteiger partial charge in [0.2, 0.25) is 0 Å². The van der Waals surface area contributed by atoms with E-state index in [9.17, 15) is 4.79 Å². The van der Waals surface area contributed by atoms with Crippen LogP contribution < -0.4 is 15.0 Å². The fourth-order valence-corrected chi connectivity index (χ4v) is 3.59. The third kappa shape index (κ3) is 4.02. The fourth-order valence-electron chi connectivity index (χ4n) is 2.65. The average Bonchev–Trinajstić information content (AvgIpc) is 2.65. The molecule has 0 bridgehead atoms. The maximum Gasteiger partial charge on any atom is 0.262 e. The highest BCUT2D eigenvalue weighted by molar-refractivity contribution is 7.99. The van der Waals surface area contributed by atoms with Crippen molar-refractivity contribution in [3.63, 3.8) is 0 Å². The van der Waals surface area contributed by atoms with E-state index in [1.54, 1.807) is 11.7 Å². The van der Waals surface area contributed by atoms with Gasteiger partial charge in [0.25, 0.3) is 5.56 Å². The van der Waals surface area contributed by atoms with Gasteiger partial charge in [0, 0.05) is 11.8 Å². The largest absolute Gasteiger partial charge is 0.497 e. The Bertz CT molecular complexity index is 936. The Hall–Kier alpha value is -2.47. The molecule has 0 saturated heterocycles. The summed E-state index contributed by atoms with van der Waals surface area (Å²) in [4.78, 5) is 17.5. The van der Waals surface area contributed by atoms with Gasteiger partial charge in [-0.1, -0.05) is 23.9 Å². The summed E-state index contributed by atoms with van der Waals surface area (Å²) >= 11 is 1.53. The van der Waals surface area contributed by atoms with E-state index in [4.69, 9.17) is 9.47 Å². The summed E-state index contributed by atoms with van der Waals surface area (Å²) in [6.07, 6.45) is 0. The first-order valence-corrected chi connectivity index (χ1v) is 9.49. The predicted octanol–water partition coefficient (Wildman–Crippen LogP) is 4.16. The second kappa shape index (κ2) is 8.27. The molecule has 0 amide bonds. The third-order valence-corrected chi connectivity index (χ3v) is 4.85. The van der Waals surface area contributed by atoms with Crippen LogP contribution in [0.15, 0.2) is 58.5 Å². The Morgan fingerprint density at radius 2 is 1.77 bits per heavy atom. The zero-order valence-electron chi connectivity index (χ0n) is 15.1. The molecule has 2 aromatic carbocycles. The normalized spacial score (nSPS) is 11.1. The Morgan fingerprint density at radius 3 is 2.46 bits per heavy atom. The Labute approximate surface area is 157 Å². The van der Waals surface area contributed by atoms with Crippen molar-refractivity contribution in [2.75, 3.05) is 19.5 Å². The lowest BCUT2D eigenvalue weighted by atomic mass is 10.2. The van der Waals surface area contributed by atoms with Gasteiger partial charge in [-0.3, -0.25) is 9.36 Å². The van der Waals surface area contributed by atoms with Crippen LogP contribution in [0.5, 0.6) is 11.5 Å². The first kappa shape index (κ1) is 18.3. The number of aromatic nitrogens is 2. The summed E-state index contributed by atoms with van der Waals surface area (Å²) < 4.78 is 12.6. The van der Waals surface area contributed by atoms with Crippen molar-refractivity contribution < 1.29 is 9.47 Å². The molecule has 0 radical (unpaired) electrons. The van der Waals surface area contributed by atoms with Crippen LogP contribution >= 0.6 is 11.8 Å². The highest BCUT2D eigenvalue weighted by atomic mass is 32.2. The Kier molecular flexibility index (Phi) is 5.83. The maximum absolute atomic E-state index is 12.8. The van der Waals surface area contributed by atoms with E-state index in [1.165, 1.54) is 11.8 Å². The molecule has 0 N–H and O–H groups in total. The summed E-state index contributed by atoms with van der Waals surface area (Å²) in [5, 5.41) is 1.38. The Morgan fingerprint density at radius 1 is 1.08 bits per heavy atom. The van der Waals surface area contributed by atoms with Crippen LogP contribution in [-0.4, -0.2) is 29.0 Å². The van der Waals surface area contributed by atoms with Gasteiger partial charge < -0.3 is 9.47 Å². The molecule has 0 spiro atoms. The number of para-hydroxylation sites is 1. The molecule has 0 saturated carbocycles. The summed E-state index contributed by atoms with van der Waals surface area (Å²) in [5.74, 6) is 2.29. The van der Waals surface area contributed by atoms with Crippen molar-refractivity contribution >= 4 is 22.7 Å². The van der Waals surface area contributed by atoms with Gasteiger partial charge in [0.05, 0.1) is 24.6 Å². The van der Waals surface area contributed by atoms with Crippen LogP contribution in [0, 0.1) is 0 Å². The SMILES string of the molecule is COc1ccc(OCCSc2nc3ccccc3c(=O)n2C(C)C)cc1. The summed E-state index contributed by atoms with van der Waals surface area (Å²) in [6.45, 7) is 4.52. The minimum atomic E-state index is 0.00386. The van der Waals surface area contributed by atoms with E-state index >= 15 is 0 Å². The van der Waals surface area contributed by atoms with E-state index in [1.807, 2.05) is 62.4 Å². The summed E-state index contributed by atoms with van der Waals surface area (Å²) in [6, 6.07) is 15.0. The van der Waals surface area contributed by atoms with E-state index < -0.39 is 0 Å². The van der Waals surface area contributed by atoms with Crippen LogP contribution in [0.1, 0.15) is 19.9 Å². The standard InChI is InChI=1S/C20H22N2O3S/c1-14(2)22-19(23)17-6-4-5-7-18(17)21-20(22)26-13-12-25-16-10-8-15(24-3)9-11-16/h4-11,14H,12-13H2,1-3H3. The smallest absolute Gasteiger partial charge is 0.262 e.